The summed E-state index contributed by atoms with van der Waals surface area (Å²) >= 11 is 1.30. The van der Waals surface area contributed by atoms with Crippen LogP contribution in [0.1, 0.15) is 43.1 Å². The fourth-order valence-corrected chi connectivity index (χ4v) is 2.79. The van der Waals surface area contributed by atoms with Crippen molar-refractivity contribution in [3.05, 3.63) is 11.1 Å². The molecule has 2 rings (SSSR count). The Labute approximate surface area is 99.3 Å². The molecular formula is C11H17N3OS. The topological polar surface area (TPSA) is 68.0 Å². The molecule has 1 saturated carbocycles. The molecule has 4 nitrogen and oxygen atoms in total. The molecule has 0 aliphatic heterocycles. The monoisotopic (exact) mass is 239 g/mol. The number of amides is 1. The first-order valence-corrected chi connectivity index (χ1v) is 6.56. The molecular weight excluding hydrogens is 222 g/mol. The molecule has 16 heavy (non-hydrogen) atoms. The molecule has 0 aromatic carbocycles. The molecule has 1 aliphatic rings. The first-order chi connectivity index (χ1) is 7.66. The van der Waals surface area contributed by atoms with Crippen LogP contribution in [-0.4, -0.2) is 16.9 Å². The van der Waals surface area contributed by atoms with E-state index in [9.17, 15) is 4.79 Å². The quantitative estimate of drug-likeness (QED) is 0.848. The molecule has 0 unspecified atom stereocenters. The smallest absolute Gasteiger partial charge is 0.271 e. The van der Waals surface area contributed by atoms with Crippen LogP contribution in [0.15, 0.2) is 5.38 Å². The Kier molecular flexibility index (Phi) is 3.43. The van der Waals surface area contributed by atoms with Gasteiger partial charge >= 0.3 is 0 Å². The Morgan fingerprint density at radius 2 is 2.31 bits per heavy atom. The van der Waals surface area contributed by atoms with Gasteiger partial charge in [0.15, 0.2) is 5.13 Å². The van der Waals surface area contributed by atoms with E-state index in [1.807, 2.05) is 0 Å². The van der Waals surface area contributed by atoms with Crippen molar-refractivity contribution in [3.63, 3.8) is 0 Å². The standard InChI is InChI=1S/C11H17N3OS/c1-7(8-4-2-3-5-8)13-10(15)9-6-16-11(12)14-9/h6-8H,2-5H2,1H3,(H2,12,14)(H,13,15)/t7-/m0/s1. The van der Waals surface area contributed by atoms with Gasteiger partial charge < -0.3 is 11.1 Å². The minimum atomic E-state index is -0.104. The first-order valence-electron chi connectivity index (χ1n) is 5.68. The van der Waals surface area contributed by atoms with Crippen LogP contribution in [0, 0.1) is 5.92 Å². The number of carbonyl (C=O) groups excluding carboxylic acids is 1. The van der Waals surface area contributed by atoms with Crippen molar-refractivity contribution >= 4 is 22.4 Å². The lowest BCUT2D eigenvalue weighted by atomic mass is 10.00. The lowest BCUT2D eigenvalue weighted by Crippen LogP contribution is -2.37. The third kappa shape index (κ3) is 2.52. The zero-order valence-corrected chi connectivity index (χ0v) is 10.2. The number of nitrogen functional groups attached to an aromatic ring is 1. The third-order valence-corrected chi connectivity index (χ3v) is 3.89. The van der Waals surface area contributed by atoms with Crippen LogP contribution >= 0.6 is 11.3 Å². The highest BCUT2D eigenvalue weighted by atomic mass is 32.1. The molecule has 0 saturated heterocycles. The summed E-state index contributed by atoms with van der Waals surface area (Å²) in [7, 11) is 0. The normalized spacial score (nSPS) is 18.6. The van der Waals surface area contributed by atoms with Gasteiger partial charge in [-0.15, -0.1) is 11.3 Å². The summed E-state index contributed by atoms with van der Waals surface area (Å²) in [5.41, 5.74) is 5.93. The average molecular weight is 239 g/mol. The second kappa shape index (κ2) is 4.82. The molecule has 3 N–H and O–H groups in total. The third-order valence-electron chi connectivity index (χ3n) is 3.22. The molecule has 88 valence electrons. The number of nitrogens with zero attached hydrogens (tertiary/aromatic N) is 1. The molecule has 1 amide bonds. The number of carbonyl (C=O) groups is 1. The molecule has 1 aliphatic carbocycles. The van der Waals surface area contributed by atoms with E-state index < -0.39 is 0 Å². The maximum Gasteiger partial charge on any atom is 0.271 e. The first kappa shape index (κ1) is 11.4. The van der Waals surface area contributed by atoms with Crippen LogP contribution < -0.4 is 11.1 Å². The largest absolute Gasteiger partial charge is 0.375 e. The highest BCUT2D eigenvalue weighted by Crippen LogP contribution is 2.27. The molecule has 5 heteroatoms. The predicted molar refractivity (Wildman–Crippen MR) is 65.4 cm³/mol. The zero-order chi connectivity index (χ0) is 11.5. The van der Waals surface area contributed by atoms with Crippen LogP contribution in [-0.2, 0) is 0 Å². The summed E-state index contributed by atoms with van der Waals surface area (Å²) in [5, 5.41) is 5.14. The summed E-state index contributed by atoms with van der Waals surface area (Å²) < 4.78 is 0. The fourth-order valence-electron chi connectivity index (χ4n) is 2.25. The van der Waals surface area contributed by atoms with Crippen LogP contribution in [0.3, 0.4) is 0 Å². The van der Waals surface area contributed by atoms with E-state index >= 15 is 0 Å². The van der Waals surface area contributed by atoms with Crippen molar-refractivity contribution in [2.24, 2.45) is 5.92 Å². The summed E-state index contributed by atoms with van der Waals surface area (Å²) in [6.07, 6.45) is 5.02. The highest BCUT2D eigenvalue weighted by molar-refractivity contribution is 7.13. The molecule has 1 atom stereocenters. The van der Waals surface area contributed by atoms with Gasteiger partial charge in [0.25, 0.3) is 5.91 Å². The number of nitrogens with two attached hydrogens (primary N) is 1. The van der Waals surface area contributed by atoms with Crippen molar-refractivity contribution in [1.29, 1.82) is 0 Å². The lowest BCUT2D eigenvalue weighted by molar-refractivity contribution is 0.0923. The molecule has 1 fully saturated rings. The van der Waals surface area contributed by atoms with Crippen LogP contribution in [0.2, 0.25) is 0 Å². The van der Waals surface area contributed by atoms with Gasteiger partial charge in [-0.25, -0.2) is 4.98 Å². The van der Waals surface area contributed by atoms with Crippen LogP contribution in [0.5, 0.6) is 0 Å². The number of anilines is 1. The van der Waals surface area contributed by atoms with Gasteiger partial charge in [0.05, 0.1) is 0 Å². The predicted octanol–water partition coefficient (Wildman–Crippen LogP) is 2.03. The van der Waals surface area contributed by atoms with E-state index in [-0.39, 0.29) is 11.9 Å². The van der Waals surface area contributed by atoms with E-state index in [1.54, 1.807) is 5.38 Å². The summed E-state index contributed by atoms with van der Waals surface area (Å²) in [6, 6.07) is 0.234. The summed E-state index contributed by atoms with van der Waals surface area (Å²) in [4.78, 5) is 15.8. The maximum atomic E-state index is 11.8. The number of hydrogen-bond donors (Lipinski definition) is 2. The number of thiazole rings is 1. The van der Waals surface area contributed by atoms with Gasteiger partial charge in [-0.1, -0.05) is 12.8 Å². The van der Waals surface area contributed by atoms with Crippen molar-refractivity contribution in [3.8, 4) is 0 Å². The Hall–Kier alpha value is -1.10. The number of hydrogen-bond acceptors (Lipinski definition) is 4. The molecule has 1 heterocycles. The molecule has 0 spiro atoms. The van der Waals surface area contributed by atoms with Gasteiger partial charge in [0.1, 0.15) is 5.69 Å². The van der Waals surface area contributed by atoms with E-state index in [4.69, 9.17) is 5.73 Å². The Morgan fingerprint density at radius 3 is 2.88 bits per heavy atom. The fraction of sp³-hybridized carbons (Fsp3) is 0.636. The SMILES string of the molecule is C[C@H](NC(=O)c1csc(N)n1)C1CCCC1. The highest BCUT2D eigenvalue weighted by Gasteiger charge is 2.23. The Balaban J connectivity index is 1.91. The molecule has 1 aromatic rings. The number of rotatable bonds is 3. The second-order valence-corrected chi connectivity index (χ2v) is 5.27. The number of aromatic nitrogens is 1. The van der Waals surface area contributed by atoms with E-state index in [0.717, 1.165) is 0 Å². The lowest BCUT2D eigenvalue weighted by Gasteiger charge is -2.19. The molecule has 1 aromatic heterocycles. The van der Waals surface area contributed by atoms with Crippen LogP contribution in [0.4, 0.5) is 5.13 Å². The van der Waals surface area contributed by atoms with Crippen LogP contribution in [0.25, 0.3) is 0 Å². The Morgan fingerprint density at radius 1 is 1.62 bits per heavy atom. The van der Waals surface area contributed by atoms with Crippen molar-refractivity contribution in [2.75, 3.05) is 5.73 Å². The summed E-state index contributed by atoms with van der Waals surface area (Å²) in [5.74, 6) is 0.521. The van der Waals surface area contributed by atoms with Crippen molar-refractivity contribution in [1.82, 2.24) is 10.3 Å². The van der Waals surface area contributed by atoms with E-state index in [2.05, 4.69) is 17.2 Å². The second-order valence-electron chi connectivity index (χ2n) is 4.38. The van der Waals surface area contributed by atoms with Crippen molar-refractivity contribution in [2.45, 2.75) is 38.6 Å². The molecule has 0 bridgehead atoms. The summed E-state index contributed by atoms with van der Waals surface area (Å²) in [6.45, 7) is 2.07. The molecule has 0 radical (unpaired) electrons. The zero-order valence-electron chi connectivity index (χ0n) is 9.40. The number of nitrogens with one attached hydrogen (secondary N) is 1. The van der Waals surface area contributed by atoms with Gasteiger partial charge in [0, 0.05) is 11.4 Å². The van der Waals surface area contributed by atoms with Crippen molar-refractivity contribution < 1.29 is 4.79 Å². The van der Waals surface area contributed by atoms with E-state index in [0.29, 0.717) is 16.7 Å². The van der Waals surface area contributed by atoms with Gasteiger partial charge in [-0.3, -0.25) is 4.79 Å². The van der Waals surface area contributed by atoms with E-state index in [1.165, 1.54) is 37.0 Å². The average Bonchev–Trinajstić information content (AvgIpc) is 2.87. The van der Waals surface area contributed by atoms with Gasteiger partial charge in [-0.05, 0) is 25.7 Å². The van der Waals surface area contributed by atoms with Gasteiger partial charge in [0.2, 0.25) is 0 Å². The minimum absolute atomic E-state index is 0.104. The maximum absolute atomic E-state index is 11.8. The Bertz CT molecular complexity index is 371. The minimum Gasteiger partial charge on any atom is -0.375 e. The van der Waals surface area contributed by atoms with Gasteiger partial charge in [-0.2, -0.15) is 0 Å².